The lowest BCUT2D eigenvalue weighted by molar-refractivity contribution is 0.0473. The Labute approximate surface area is 161 Å². The van der Waals surface area contributed by atoms with Crippen LogP contribution in [0.5, 0.6) is 0 Å². The molecule has 0 aliphatic heterocycles. The van der Waals surface area contributed by atoms with E-state index in [1.54, 1.807) is 54.0 Å². The molecule has 3 rings (SSSR count). The minimum atomic E-state index is -0.515. The minimum Gasteiger partial charge on any atom is -0.465 e. The predicted molar refractivity (Wildman–Crippen MR) is 103 cm³/mol. The molecule has 3 aromatic rings. The van der Waals surface area contributed by atoms with Gasteiger partial charge >= 0.3 is 11.9 Å². The molecule has 2 aromatic carbocycles. The van der Waals surface area contributed by atoms with Gasteiger partial charge in [-0.3, -0.25) is 4.79 Å². The summed E-state index contributed by atoms with van der Waals surface area (Å²) in [6.07, 6.45) is 0. The SMILES string of the molecule is CCn1c(=O)c(C)nc2cc(C(=O)OCc3cccc(C(=O)OC)c3)ccc21. The molecule has 0 unspecified atom stereocenters. The van der Waals surface area contributed by atoms with Crippen LogP contribution < -0.4 is 5.56 Å². The molecule has 0 saturated carbocycles. The highest BCUT2D eigenvalue weighted by molar-refractivity contribution is 5.93. The van der Waals surface area contributed by atoms with Crippen molar-refractivity contribution < 1.29 is 19.1 Å². The van der Waals surface area contributed by atoms with Gasteiger partial charge in [0.05, 0.1) is 29.3 Å². The number of carbonyl (C=O) groups is 2. The molecule has 7 nitrogen and oxygen atoms in total. The van der Waals surface area contributed by atoms with E-state index in [0.29, 0.717) is 40.0 Å². The van der Waals surface area contributed by atoms with E-state index in [0.717, 1.165) is 0 Å². The van der Waals surface area contributed by atoms with Gasteiger partial charge in [0.2, 0.25) is 0 Å². The van der Waals surface area contributed by atoms with Crippen LogP contribution in [0.4, 0.5) is 0 Å². The monoisotopic (exact) mass is 380 g/mol. The van der Waals surface area contributed by atoms with Gasteiger partial charge in [-0.1, -0.05) is 12.1 Å². The van der Waals surface area contributed by atoms with E-state index in [4.69, 9.17) is 4.74 Å². The van der Waals surface area contributed by atoms with Gasteiger partial charge in [-0.15, -0.1) is 0 Å². The average molecular weight is 380 g/mol. The normalized spacial score (nSPS) is 10.7. The predicted octanol–water partition coefficient (Wildman–Crippen LogP) is 2.87. The number of aromatic nitrogens is 2. The van der Waals surface area contributed by atoms with Crippen molar-refractivity contribution in [3.05, 3.63) is 75.2 Å². The van der Waals surface area contributed by atoms with Gasteiger partial charge in [0.1, 0.15) is 12.3 Å². The molecule has 7 heteroatoms. The number of aryl methyl sites for hydroxylation is 2. The zero-order chi connectivity index (χ0) is 20.3. The van der Waals surface area contributed by atoms with Crippen molar-refractivity contribution in [3.8, 4) is 0 Å². The van der Waals surface area contributed by atoms with Gasteiger partial charge < -0.3 is 14.0 Å². The van der Waals surface area contributed by atoms with Crippen molar-refractivity contribution in [2.24, 2.45) is 0 Å². The van der Waals surface area contributed by atoms with E-state index in [1.165, 1.54) is 7.11 Å². The fraction of sp³-hybridized carbons (Fsp3) is 0.238. The fourth-order valence-corrected chi connectivity index (χ4v) is 2.95. The van der Waals surface area contributed by atoms with E-state index in [-0.39, 0.29) is 12.2 Å². The summed E-state index contributed by atoms with van der Waals surface area (Å²) in [5.41, 5.74) is 2.85. The maximum atomic E-state index is 12.4. The Morgan fingerprint density at radius 2 is 1.82 bits per heavy atom. The highest BCUT2D eigenvalue weighted by Gasteiger charge is 2.13. The summed E-state index contributed by atoms with van der Waals surface area (Å²) >= 11 is 0. The first-order valence-electron chi connectivity index (χ1n) is 8.80. The van der Waals surface area contributed by atoms with Gasteiger partial charge in [0, 0.05) is 6.54 Å². The summed E-state index contributed by atoms with van der Waals surface area (Å²) < 4.78 is 11.7. The van der Waals surface area contributed by atoms with Crippen LogP contribution >= 0.6 is 0 Å². The largest absolute Gasteiger partial charge is 0.465 e. The van der Waals surface area contributed by atoms with Crippen LogP contribution in [-0.4, -0.2) is 28.6 Å². The molecule has 28 heavy (non-hydrogen) atoms. The lowest BCUT2D eigenvalue weighted by Crippen LogP contribution is -2.23. The molecule has 0 aliphatic carbocycles. The maximum Gasteiger partial charge on any atom is 0.338 e. The van der Waals surface area contributed by atoms with Crippen LogP contribution in [0, 0.1) is 6.92 Å². The van der Waals surface area contributed by atoms with Crippen molar-refractivity contribution in [2.75, 3.05) is 7.11 Å². The third kappa shape index (κ3) is 3.78. The summed E-state index contributed by atoms with van der Waals surface area (Å²) in [4.78, 5) is 40.5. The van der Waals surface area contributed by atoms with Crippen molar-refractivity contribution in [1.29, 1.82) is 0 Å². The molecule has 0 aliphatic rings. The summed E-state index contributed by atoms with van der Waals surface area (Å²) in [7, 11) is 1.31. The first kappa shape index (κ1) is 19.3. The Balaban J connectivity index is 1.81. The first-order valence-corrected chi connectivity index (χ1v) is 8.80. The standard InChI is InChI=1S/C21H20N2O5/c1-4-23-18-9-8-16(11-17(18)22-13(2)19(23)24)21(26)28-12-14-6-5-7-15(10-14)20(25)27-3/h5-11H,4,12H2,1-3H3. The molecule has 0 saturated heterocycles. The van der Waals surface area contributed by atoms with Gasteiger partial charge in [0.15, 0.2) is 0 Å². The third-order valence-corrected chi connectivity index (χ3v) is 4.38. The summed E-state index contributed by atoms with van der Waals surface area (Å²) in [6, 6.07) is 11.6. The van der Waals surface area contributed by atoms with Crippen LogP contribution in [0.25, 0.3) is 11.0 Å². The van der Waals surface area contributed by atoms with Crippen LogP contribution in [-0.2, 0) is 22.6 Å². The van der Waals surface area contributed by atoms with Gasteiger partial charge in [-0.2, -0.15) is 0 Å². The van der Waals surface area contributed by atoms with Crippen LogP contribution in [0.3, 0.4) is 0 Å². The minimum absolute atomic E-state index is 0.0165. The summed E-state index contributed by atoms with van der Waals surface area (Å²) in [5, 5.41) is 0. The summed E-state index contributed by atoms with van der Waals surface area (Å²) in [5.74, 6) is -0.967. The highest BCUT2D eigenvalue weighted by Crippen LogP contribution is 2.15. The molecular formula is C21H20N2O5. The zero-order valence-electron chi connectivity index (χ0n) is 15.9. The van der Waals surface area contributed by atoms with Crippen LogP contribution in [0.15, 0.2) is 47.3 Å². The van der Waals surface area contributed by atoms with E-state index < -0.39 is 11.9 Å². The van der Waals surface area contributed by atoms with Crippen LogP contribution in [0.2, 0.25) is 0 Å². The Kier molecular flexibility index (Phi) is 5.54. The molecule has 0 radical (unpaired) electrons. The topological polar surface area (TPSA) is 87.5 Å². The third-order valence-electron chi connectivity index (χ3n) is 4.38. The zero-order valence-corrected chi connectivity index (χ0v) is 15.9. The van der Waals surface area contributed by atoms with Crippen LogP contribution in [0.1, 0.15) is 38.9 Å². The molecular weight excluding hydrogens is 360 g/mol. The first-order chi connectivity index (χ1) is 13.4. The Hall–Kier alpha value is -3.48. The molecule has 0 bridgehead atoms. The van der Waals surface area contributed by atoms with E-state index in [9.17, 15) is 14.4 Å². The fourth-order valence-electron chi connectivity index (χ4n) is 2.95. The van der Waals surface area contributed by atoms with E-state index in [1.807, 2.05) is 6.92 Å². The number of hydrogen-bond donors (Lipinski definition) is 0. The number of rotatable bonds is 5. The highest BCUT2D eigenvalue weighted by atomic mass is 16.5. The van der Waals surface area contributed by atoms with Gasteiger partial charge in [0.25, 0.3) is 5.56 Å². The van der Waals surface area contributed by atoms with E-state index in [2.05, 4.69) is 9.72 Å². The number of hydrogen-bond acceptors (Lipinski definition) is 6. The Bertz CT molecular complexity index is 1120. The number of benzene rings is 2. The molecule has 1 aromatic heterocycles. The van der Waals surface area contributed by atoms with Gasteiger partial charge in [-0.25, -0.2) is 14.6 Å². The number of esters is 2. The second-order valence-corrected chi connectivity index (χ2v) is 6.22. The van der Waals surface area contributed by atoms with Crippen molar-refractivity contribution in [1.82, 2.24) is 9.55 Å². The quantitative estimate of drug-likeness (QED) is 0.633. The lowest BCUT2D eigenvalue weighted by Gasteiger charge is -2.10. The van der Waals surface area contributed by atoms with Crippen molar-refractivity contribution in [2.45, 2.75) is 27.0 Å². The number of nitrogens with zero attached hydrogens (tertiary/aromatic N) is 2. The van der Waals surface area contributed by atoms with E-state index >= 15 is 0 Å². The molecule has 0 spiro atoms. The summed E-state index contributed by atoms with van der Waals surface area (Å²) in [6.45, 7) is 4.06. The maximum absolute atomic E-state index is 12.4. The Morgan fingerprint density at radius 1 is 1.07 bits per heavy atom. The number of ether oxygens (including phenoxy) is 2. The van der Waals surface area contributed by atoms with Crippen molar-refractivity contribution in [3.63, 3.8) is 0 Å². The van der Waals surface area contributed by atoms with Crippen molar-refractivity contribution >= 4 is 23.0 Å². The molecule has 0 atom stereocenters. The number of fused-ring (bicyclic) bond motifs is 1. The second-order valence-electron chi connectivity index (χ2n) is 6.22. The Morgan fingerprint density at radius 3 is 2.54 bits per heavy atom. The second kappa shape index (κ2) is 8.04. The molecule has 144 valence electrons. The number of methoxy groups -OCH3 is 1. The molecule has 0 fully saturated rings. The lowest BCUT2D eigenvalue weighted by atomic mass is 10.1. The smallest absolute Gasteiger partial charge is 0.338 e. The van der Waals surface area contributed by atoms with Gasteiger partial charge in [-0.05, 0) is 49.7 Å². The molecule has 0 amide bonds. The molecule has 1 heterocycles. The molecule has 0 N–H and O–H groups in total. The number of carbonyl (C=O) groups excluding carboxylic acids is 2. The average Bonchev–Trinajstić information content (AvgIpc) is 2.72.